The van der Waals surface area contributed by atoms with Crippen molar-refractivity contribution in [3.63, 3.8) is 0 Å². The van der Waals surface area contributed by atoms with Crippen LogP contribution in [0.25, 0.3) is 0 Å². The third-order valence-corrected chi connectivity index (χ3v) is 4.54. The fourth-order valence-electron chi connectivity index (χ4n) is 2.18. The van der Waals surface area contributed by atoms with Gasteiger partial charge in [0.25, 0.3) is 0 Å². The van der Waals surface area contributed by atoms with Crippen LogP contribution in [0.3, 0.4) is 0 Å². The highest BCUT2D eigenvalue weighted by Gasteiger charge is 2.30. The number of halogens is 2. The van der Waals surface area contributed by atoms with E-state index < -0.39 is 0 Å². The van der Waals surface area contributed by atoms with Crippen molar-refractivity contribution in [3.8, 4) is 0 Å². The van der Waals surface area contributed by atoms with E-state index in [0.29, 0.717) is 0 Å². The summed E-state index contributed by atoms with van der Waals surface area (Å²) in [7, 11) is 0. The molecule has 1 unspecified atom stereocenters. The minimum Gasteiger partial charge on any atom is -0.344 e. The van der Waals surface area contributed by atoms with Crippen LogP contribution in [0.4, 0.5) is 0 Å². The summed E-state index contributed by atoms with van der Waals surface area (Å²) in [5.41, 5.74) is 0.629. The lowest BCUT2D eigenvalue weighted by atomic mass is 9.97. The van der Waals surface area contributed by atoms with Gasteiger partial charge in [-0.05, 0) is 40.2 Å². The van der Waals surface area contributed by atoms with Crippen molar-refractivity contribution in [2.24, 2.45) is 5.92 Å². The second kappa shape index (κ2) is 8.17. The first-order valence-electron chi connectivity index (χ1n) is 6.44. The Hall–Kier alpha value is -0.360. The molecule has 1 fully saturated rings. The van der Waals surface area contributed by atoms with Gasteiger partial charge < -0.3 is 10.6 Å². The van der Waals surface area contributed by atoms with Crippen LogP contribution in [0, 0.1) is 12.8 Å². The zero-order valence-electron chi connectivity index (χ0n) is 12.1. The van der Waals surface area contributed by atoms with Crippen molar-refractivity contribution in [2.45, 2.75) is 39.2 Å². The van der Waals surface area contributed by atoms with Crippen molar-refractivity contribution >= 4 is 42.1 Å². The van der Waals surface area contributed by atoms with Gasteiger partial charge in [-0.25, -0.2) is 4.98 Å². The van der Waals surface area contributed by atoms with Gasteiger partial charge in [0.2, 0.25) is 5.91 Å². The van der Waals surface area contributed by atoms with Gasteiger partial charge in [-0.1, -0.05) is 0 Å². The molecule has 2 rings (SSSR count). The lowest BCUT2D eigenvalue weighted by molar-refractivity contribution is -0.127. The number of thiazole rings is 1. The Morgan fingerprint density at radius 2 is 2.20 bits per heavy atom. The Morgan fingerprint density at radius 1 is 1.50 bits per heavy atom. The second-order valence-corrected chi connectivity index (χ2v) is 6.31. The third-order valence-electron chi connectivity index (χ3n) is 3.26. The molecule has 0 spiro atoms. The van der Waals surface area contributed by atoms with Gasteiger partial charge >= 0.3 is 0 Å². The van der Waals surface area contributed by atoms with Crippen LogP contribution in [0.1, 0.15) is 37.4 Å². The molecule has 0 aromatic carbocycles. The third kappa shape index (κ3) is 4.88. The van der Waals surface area contributed by atoms with Crippen molar-refractivity contribution in [3.05, 3.63) is 16.1 Å². The molecule has 0 aliphatic carbocycles. The standard InChI is InChI=1S/C13H21N3OS.2ClH/c1-9-8-18-12(15-9)13(2,3)16-11(17)10-5-4-6-14-7-10;;/h8,10,14H,4-7H2,1-3H3,(H,16,17);2*1H. The summed E-state index contributed by atoms with van der Waals surface area (Å²) in [6.45, 7) is 7.82. The van der Waals surface area contributed by atoms with Gasteiger partial charge in [0.15, 0.2) is 0 Å². The Labute approximate surface area is 137 Å². The molecule has 4 nitrogen and oxygen atoms in total. The summed E-state index contributed by atoms with van der Waals surface area (Å²) in [4.78, 5) is 16.7. The topological polar surface area (TPSA) is 54.0 Å². The van der Waals surface area contributed by atoms with E-state index in [9.17, 15) is 4.79 Å². The number of carbonyl (C=O) groups is 1. The van der Waals surface area contributed by atoms with E-state index in [1.807, 2.05) is 26.2 Å². The van der Waals surface area contributed by atoms with E-state index in [1.54, 1.807) is 11.3 Å². The first kappa shape index (κ1) is 19.6. The molecule has 1 aliphatic heterocycles. The number of nitrogens with one attached hydrogen (secondary N) is 2. The number of aromatic nitrogens is 1. The van der Waals surface area contributed by atoms with Crippen LogP contribution >= 0.6 is 36.2 Å². The molecule has 1 aromatic heterocycles. The zero-order chi connectivity index (χ0) is 13.2. The molecular formula is C13H23Cl2N3OS. The first-order chi connectivity index (χ1) is 8.49. The first-order valence-corrected chi connectivity index (χ1v) is 7.32. The van der Waals surface area contributed by atoms with Crippen LogP contribution in [0.2, 0.25) is 0 Å². The Bertz CT molecular complexity index is 431. The number of rotatable bonds is 3. The Balaban J connectivity index is 0.00000180. The van der Waals surface area contributed by atoms with Crippen LogP contribution in [-0.4, -0.2) is 24.0 Å². The molecule has 1 amide bonds. The highest BCUT2D eigenvalue weighted by atomic mass is 35.5. The monoisotopic (exact) mass is 339 g/mol. The maximum absolute atomic E-state index is 12.2. The van der Waals surface area contributed by atoms with Crippen LogP contribution in [-0.2, 0) is 10.3 Å². The molecule has 0 radical (unpaired) electrons. The molecule has 0 saturated carbocycles. The molecule has 1 saturated heterocycles. The van der Waals surface area contributed by atoms with E-state index >= 15 is 0 Å². The highest BCUT2D eigenvalue weighted by molar-refractivity contribution is 7.09. The summed E-state index contributed by atoms with van der Waals surface area (Å²) in [5.74, 6) is 0.235. The van der Waals surface area contributed by atoms with E-state index in [2.05, 4.69) is 15.6 Å². The summed E-state index contributed by atoms with van der Waals surface area (Å²) in [6, 6.07) is 0. The summed E-state index contributed by atoms with van der Waals surface area (Å²) >= 11 is 1.60. The Morgan fingerprint density at radius 3 is 2.70 bits per heavy atom. The number of nitrogens with zero attached hydrogens (tertiary/aromatic N) is 1. The molecule has 1 aromatic rings. The van der Waals surface area contributed by atoms with E-state index in [1.165, 1.54) is 0 Å². The van der Waals surface area contributed by atoms with Crippen LogP contribution in [0.15, 0.2) is 5.38 Å². The van der Waals surface area contributed by atoms with Crippen LogP contribution < -0.4 is 10.6 Å². The molecule has 1 atom stereocenters. The molecule has 2 heterocycles. The number of hydrogen-bond acceptors (Lipinski definition) is 4. The largest absolute Gasteiger partial charge is 0.344 e. The van der Waals surface area contributed by atoms with Gasteiger partial charge in [0.05, 0.1) is 11.5 Å². The fraction of sp³-hybridized carbons (Fsp3) is 0.692. The smallest absolute Gasteiger partial charge is 0.225 e. The van der Waals surface area contributed by atoms with Crippen molar-refractivity contribution < 1.29 is 4.79 Å². The van der Waals surface area contributed by atoms with Crippen molar-refractivity contribution in [2.75, 3.05) is 13.1 Å². The lowest BCUT2D eigenvalue weighted by Crippen LogP contribution is -2.47. The maximum Gasteiger partial charge on any atom is 0.225 e. The predicted molar refractivity (Wildman–Crippen MR) is 88.1 cm³/mol. The minimum absolute atomic E-state index is 0. The molecule has 2 N–H and O–H groups in total. The average Bonchev–Trinajstić information content (AvgIpc) is 2.77. The Kier molecular flexibility index (Phi) is 8.03. The highest BCUT2D eigenvalue weighted by Crippen LogP contribution is 2.24. The van der Waals surface area contributed by atoms with Gasteiger partial charge in [0, 0.05) is 17.6 Å². The summed E-state index contributed by atoms with van der Waals surface area (Å²) in [5, 5.41) is 9.38. The zero-order valence-corrected chi connectivity index (χ0v) is 14.5. The summed E-state index contributed by atoms with van der Waals surface area (Å²) < 4.78 is 0. The number of carbonyl (C=O) groups excluding carboxylic acids is 1. The van der Waals surface area contributed by atoms with Crippen molar-refractivity contribution in [1.29, 1.82) is 0 Å². The molecular weight excluding hydrogens is 317 g/mol. The van der Waals surface area contributed by atoms with Gasteiger partial charge in [0.1, 0.15) is 5.01 Å². The van der Waals surface area contributed by atoms with Gasteiger partial charge in [-0.15, -0.1) is 36.2 Å². The molecule has 20 heavy (non-hydrogen) atoms. The van der Waals surface area contributed by atoms with Gasteiger partial charge in [-0.2, -0.15) is 0 Å². The van der Waals surface area contributed by atoms with E-state index in [4.69, 9.17) is 0 Å². The molecule has 7 heteroatoms. The number of aryl methyl sites for hydroxylation is 1. The van der Waals surface area contributed by atoms with E-state index in [-0.39, 0.29) is 42.2 Å². The normalized spacial score (nSPS) is 18.6. The molecule has 116 valence electrons. The van der Waals surface area contributed by atoms with E-state index in [0.717, 1.165) is 36.6 Å². The number of amides is 1. The predicted octanol–water partition coefficient (Wildman–Crippen LogP) is 2.65. The van der Waals surface area contributed by atoms with Crippen molar-refractivity contribution in [1.82, 2.24) is 15.6 Å². The SMILES string of the molecule is Cc1csc(C(C)(C)NC(=O)C2CCCNC2)n1.Cl.Cl. The molecule has 1 aliphatic rings. The number of piperidine rings is 1. The fourth-order valence-corrected chi connectivity index (χ4v) is 3.06. The minimum atomic E-state index is -0.381. The number of hydrogen-bond donors (Lipinski definition) is 2. The van der Waals surface area contributed by atoms with Gasteiger partial charge in [-0.3, -0.25) is 4.79 Å². The maximum atomic E-state index is 12.2. The lowest BCUT2D eigenvalue weighted by Gasteiger charge is -2.28. The molecule has 0 bridgehead atoms. The van der Waals surface area contributed by atoms with Crippen LogP contribution in [0.5, 0.6) is 0 Å². The average molecular weight is 340 g/mol. The second-order valence-electron chi connectivity index (χ2n) is 5.45. The quantitative estimate of drug-likeness (QED) is 0.889. The summed E-state index contributed by atoms with van der Waals surface area (Å²) in [6.07, 6.45) is 2.06.